The maximum atomic E-state index is 12.0. The van der Waals surface area contributed by atoms with Gasteiger partial charge < -0.3 is 14.4 Å². The zero-order valence-electron chi connectivity index (χ0n) is 12.5. The maximum Gasteiger partial charge on any atom is 0.409 e. The number of esters is 1. The minimum Gasteiger partial charge on any atom is -0.466 e. The number of hydrogen-bond acceptors (Lipinski definition) is 4. The van der Waals surface area contributed by atoms with E-state index in [0.717, 1.165) is 25.7 Å². The molecule has 0 aromatic rings. The molecule has 1 aliphatic heterocycles. The first-order valence-corrected chi connectivity index (χ1v) is 7.26. The summed E-state index contributed by atoms with van der Waals surface area (Å²) >= 11 is 0. The predicted molar refractivity (Wildman–Crippen MR) is 76.4 cm³/mol. The number of likely N-dealkylation sites (tertiary alicyclic amines) is 1. The van der Waals surface area contributed by atoms with E-state index >= 15 is 0 Å². The molecule has 0 bridgehead atoms. The fourth-order valence-corrected chi connectivity index (χ4v) is 2.79. The number of rotatable bonds is 6. The van der Waals surface area contributed by atoms with Gasteiger partial charge in [-0.2, -0.15) is 0 Å². The summed E-state index contributed by atoms with van der Waals surface area (Å²) in [5, 5.41) is 0. The van der Waals surface area contributed by atoms with Crippen LogP contribution in [0.1, 0.15) is 45.4 Å². The van der Waals surface area contributed by atoms with Crippen molar-refractivity contribution in [3.63, 3.8) is 0 Å². The summed E-state index contributed by atoms with van der Waals surface area (Å²) in [6.45, 7) is 5.93. The van der Waals surface area contributed by atoms with E-state index in [1.807, 2.05) is 6.08 Å². The van der Waals surface area contributed by atoms with Gasteiger partial charge in [0.1, 0.15) is 0 Å². The molecule has 1 fully saturated rings. The number of piperidine rings is 1. The van der Waals surface area contributed by atoms with Gasteiger partial charge in [0, 0.05) is 18.5 Å². The fourth-order valence-electron chi connectivity index (χ4n) is 2.79. The first-order valence-electron chi connectivity index (χ1n) is 7.26. The Kier molecular flexibility index (Phi) is 7.12. The zero-order valence-corrected chi connectivity index (χ0v) is 12.5. The highest BCUT2D eigenvalue weighted by Gasteiger charge is 2.34. The summed E-state index contributed by atoms with van der Waals surface area (Å²) in [6, 6.07) is 0.173. The van der Waals surface area contributed by atoms with E-state index in [2.05, 4.69) is 6.58 Å². The first-order chi connectivity index (χ1) is 9.63. The van der Waals surface area contributed by atoms with E-state index in [-0.39, 0.29) is 24.1 Å². The molecule has 1 amide bonds. The Labute approximate surface area is 120 Å². The fraction of sp³-hybridized carbons (Fsp3) is 0.733. The Bertz CT molecular complexity index is 343. The minimum atomic E-state index is -0.314. The summed E-state index contributed by atoms with van der Waals surface area (Å²) < 4.78 is 9.83. The Hall–Kier alpha value is -1.52. The highest BCUT2D eigenvalue weighted by atomic mass is 16.5. The molecule has 0 radical (unpaired) electrons. The summed E-state index contributed by atoms with van der Waals surface area (Å²) in [6.07, 6.45) is 6.15. The molecule has 0 saturated carbocycles. The van der Waals surface area contributed by atoms with Gasteiger partial charge in [-0.15, -0.1) is 6.58 Å². The smallest absolute Gasteiger partial charge is 0.409 e. The van der Waals surface area contributed by atoms with E-state index in [9.17, 15) is 9.59 Å². The van der Waals surface area contributed by atoms with Crippen molar-refractivity contribution in [2.45, 2.75) is 57.5 Å². The summed E-state index contributed by atoms with van der Waals surface area (Å²) in [5.41, 5.74) is 0. The molecule has 5 nitrogen and oxygen atoms in total. The molecule has 1 heterocycles. The molecule has 0 spiro atoms. The Balaban J connectivity index is 2.66. The van der Waals surface area contributed by atoms with Crippen molar-refractivity contribution in [3.05, 3.63) is 12.7 Å². The van der Waals surface area contributed by atoms with Gasteiger partial charge in [-0.3, -0.25) is 4.79 Å². The standard InChI is InChI=1S/C15H25NO4/c1-4-7-12-8-6-9-13(16(12)15(18)19-3)10-11-14(17)20-5-2/h4,12-13H,1,5-11H2,2-3H3/t12-,13-/m1/s1. The topological polar surface area (TPSA) is 55.8 Å². The van der Waals surface area contributed by atoms with Crippen LogP contribution in [0.25, 0.3) is 0 Å². The van der Waals surface area contributed by atoms with Crippen LogP contribution in [0.2, 0.25) is 0 Å². The SMILES string of the molecule is C=CC[C@@H]1CCC[C@H](CCC(=O)OCC)N1C(=O)OC. The van der Waals surface area contributed by atoms with Crippen LogP contribution in [0, 0.1) is 0 Å². The number of carbonyl (C=O) groups excluding carboxylic acids is 2. The summed E-state index contributed by atoms with van der Waals surface area (Å²) in [5.74, 6) is -0.205. The summed E-state index contributed by atoms with van der Waals surface area (Å²) in [7, 11) is 1.39. The van der Waals surface area contributed by atoms with Crippen molar-refractivity contribution >= 4 is 12.1 Å². The molecule has 1 aliphatic rings. The minimum absolute atomic E-state index is 0.0468. The molecule has 2 atom stereocenters. The van der Waals surface area contributed by atoms with E-state index < -0.39 is 0 Å². The van der Waals surface area contributed by atoms with Crippen molar-refractivity contribution in [1.29, 1.82) is 0 Å². The van der Waals surface area contributed by atoms with Gasteiger partial charge in [0.15, 0.2) is 0 Å². The third-order valence-corrected chi connectivity index (χ3v) is 3.67. The van der Waals surface area contributed by atoms with E-state index in [4.69, 9.17) is 9.47 Å². The third kappa shape index (κ3) is 4.54. The number of methoxy groups -OCH3 is 1. The van der Waals surface area contributed by atoms with E-state index in [0.29, 0.717) is 19.4 Å². The molecule has 0 aliphatic carbocycles. The number of nitrogens with zero attached hydrogens (tertiary/aromatic N) is 1. The number of amides is 1. The molecule has 0 aromatic carbocycles. The van der Waals surface area contributed by atoms with Crippen LogP contribution in [0.3, 0.4) is 0 Å². The molecule has 1 saturated heterocycles. The lowest BCUT2D eigenvalue weighted by molar-refractivity contribution is -0.143. The lowest BCUT2D eigenvalue weighted by Crippen LogP contribution is -2.50. The van der Waals surface area contributed by atoms with Crippen LogP contribution >= 0.6 is 0 Å². The third-order valence-electron chi connectivity index (χ3n) is 3.67. The normalized spacial score (nSPS) is 22.2. The van der Waals surface area contributed by atoms with Gasteiger partial charge in [-0.05, 0) is 39.0 Å². The van der Waals surface area contributed by atoms with Crippen LogP contribution in [-0.2, 0) is 14.3 Å². The Morgan fingerprint density at radius 2 is 2.05 bits per heavy atom. The largest absolute Gasteiger partial charge is 0.466 e. The van der Waals surface area contributed by atoms with Crippen LogP contribution in [0.5, 0.6) is 0 Å². The van der Waals surface area contributed by atoms with Gasteiger partial charge in [0.05, 0.1) is 13.7 Å². The van der Waals surface area contributed by atoms with Gasteiger partial charge in [-0.25, -0.2) is 4.79 Å². The van der Waals surface area contributed by atoms with Crippen LogP contribution in [-0.4, -0.2) is 42.8 Å². The highest BCUT2D eigenvalue weighted by molar-refractivity contribution is 5.70. The molecular weight excluding hydrogens is 258 g/mol. The van der Waals surface area contributed by atoms with Gasteiger partial charge in [0.2, 0.25) is 0 Å². The average molecular weight is 283 g/mol. The van der Waals surface area contributed by atoms with Gasteiger partial charge in [-0.1, -0.05) is 6.08 Å². The molecular formula is C15H25NO4. The molecule has 1 rings (SSSR count). The molecule has 0 N–H and O–H groups in total. The van der Waals surface area contributed by atoms with Crippen molar-refractivity contribution in [2.24, 2.45) is 0 Å². The lowest BCUT2D eigenvalue weighted by atomic mass is 9.91. The van der Waals surface area contributed by atoms with E-state index in [1.165, 1.54) is 7.11 Å². The average Bonchev–Trinajstić information content (AvgIpc) is 2.45. The number of hydrogen-bond donors (Lipinski definition) is 0. The zero-order chi connectivity index (χ0) is 15.0. The summed E-state index contributed by atoms with van der Waals surface area (Å²) in [4.78, 5) is 25.2. The van der Waals surface area contributed by atoms with Crippen molar-refractivity contribution in [1.82, 2.24) is 4.90 Å². The quantitative estimate of drug-likeness (QED) is 0.555. The van der Waals surface area contributed by atoms with Gasteiger partial charge >= 0.3 is 12.1 Å². The molecule has 114 valence electrons. The van der Waals surface area contributed by atoms with E-state index in [1.54, 1.807) is 11.8 Å². The van der Waals surface area contributed by atoms with Crippen LogP contribution < -0.4 is 0 Å². The number of ether oxygens (including phenoxy) is 2. The highest BCUT2D eigenvalue weighted by Crippen LogP contribution is 2.28. The Morgan fingerprint density at radius 3 is 2.65 bits per heavy atom. The maximum absolute atomic E-state index is 12.0. The molecule has 20 heavy (non-hydrogen) atoms. The monoisotopic (exact) mass is 283 g/mol. The second-order valence-electron chi connectivity index (χ2n) is 4.98. The molecule has 0 aromatic heterocycles. The van der Waals surface area contributed by atoms with Crippen molar-refractivity contribution in [2.75, 3.05) is 13.7 Å². The molecule has 5 heteroatoms. The van der Waals surface area contributed by atoms with Crippen molar-refractivity contribution < 1.29 is 19.1 Å². The van der Waals surface area contributed by atoms with Gasteiger partial charge in [0.25, 0.3) is 0 Å². The first kappa shape index (κ1) is 16.5. The number of carbonyl (C=O) groups is 2. The Morgan fingerprint density at radius 1 is 1.35 bits per heavy atom. The molecule has 0 unspecified atom stereocenters. The van der Waals surface area contributed by atoms with Crippen molar-refractivity contribution in [3.8, 4) is 0 Å². The van der Waals surface area contributed by atoms with Crippen LogP contribution in [0.4, 0.5) is 4.79 Å². The van der Waals surface area contributed by atoms with Crippen LogP contribution in [0.15, 0.2) is 12.7 Å². The second kappa shape index (κ2) is 8.61. The predicted octanol–water partition coefficient (Wildman–Crippen LogP) is 2.90. The second-order valence-corrected chi connectivity index (χ2v) is 4.98. The lowest BCUT2D eigenvalue weighted by Gasteiger charge is -2.41.